The Kier molecular flexibility index (Phi) is 3.88. The molecule has 0 aliphatic carbocycles. The molecule has 1 unspecified atom stereocenters. The van der Waals surface area contributed by atoms with E-state index in [-0.39, 0.29) is 5.38 Å². The summed E-state index contributed by atoms with van der Waals surface area (Å²) in [4.78, 5) is 10.6. The highest BCUT2D eigenvalue weighted by atomic mass is 35.5. The monoisotopic (exact) mass is 227 g/mol. The van der Waals surface area contributed by atoms with E-state index in [9.17, 15) is 0 Å². The van der Waals surface area contributed by atoms with Gasteiger partial charge in [-0.05, 0) is 6.07 Å². The fourth-order valence-corrected chi connectivity index (χ4v) is 1.87. The molecule has 15 heavy (non-hydrogen) atoms. The summed E-state index contributed by atoms with van der Waals surface area (Å²) in [6.45, 7) is 3.83. The summed E-state index contributed by atoms with van der Waals surface area (Å²) >= 11 is 6.07. The van der Waals surface area contributed by atoms with Crippen molar-refractivity contribution < 1.29 is 4.74 Å². The zero-order valence-corrected chi connectivity index (χ0v) is 9.23. The second kappa shape index (κ2) is 5.39. The molecule has 0 spiro atoms. The molecule has 0 saturated carbocycles. The van der Waals surface area contributed by atoms with Gasteiger partial charge in [-0.3, -0.25) is 4.90 Å². The van der Waals surface area contributed by atoms with Crippen LogP contribution in [0, 0.1) is 0 Å². The lowest BCUT2D eigenvalue weighted by Gasteiger charge is -2.19. The van der Waals surface area contributed by atoms with Crippen LogP contribution in [0.5, 0.6) is 0 Å². The number of rotatable bonds is 2. The van der Waals surface area contributed by atoms with Crippen molar-refractivity contribution in [3.8, 4) is 0 Å². The van der Waals surface area contributed by atoms with Gasteiger partial charge < -0.3 is 4.74 Å². The van der Waals surface area contributed by atoms with Crippen molar-refractivity contribution >= 4 is 11.6 Å². The zero-order valence-electron chi connectivity index (χ0n) is 8.47. The molecule has 1 aliphatic heterocycles. The standard InChI is InChI=1S/C10H14ClN3O/c11-9-6-14(4-5-15-8-9)7-10-12-2-1-3-13-10/h1-3,9H,4-8H2. The number of hydrogen-bond acceptors (Lipinski definition) is 4. The Hall–Kier alpha value is -0.710. The van der Waals surface area contributed by atoms with Crippen molar-refractivity contribution in [1.82, 2.24) is 14.9 Å². The topological polar surface area (TPSA) is 38.2 Å². The first-order valence-electron chi connectivity index (χ1n) is 5.04. The molecule has 5 heteroatoms. The van der Waals surface area contributed by atoms with E-state index in [1.54, 1.807) is 12.4 Å². The van der Waals surface area contributed by atoms with Gasteiger partial charge in [-0.25, -0.2) is 9.97 Å². The minimum absolute atomic E-state index is 0.0659. The van der Waals surface area contributed by atoms with E-state index in [0.29, 0.717) is 6.61 Å². The predicted octanol–water partition coefficient (Wildman–Crippen LogP) is 0.916. The van der Waals surface area contributed by atoms with Crippen molar-refractivity contribution in [2.24, 2.45) is 0 Å². The molecule has 1 fully saturated rings. The molecule has 0 radical (unpaired) electrons. The summed E-state index contributed by atoms with van der Waals surface area (Å²) in [6.07, 6.45) is 3.52. The molecular weight excluding hydrogens is 214 g/mol. The number of nitrogens with zero attached hydrogens (tertiary/aromatic N) is 3. The van der Waals surface area contributed by atoms with Gasteiger partial charge in [0.15, 0.2) is 0 Å². The average Bonchev–Trinajstić information content (AvgIpc) is 2.44. The van der Waals surface area contributed by atoms with Crippen molar-refractivity contribution in [2.45, 2.75) is 11.9 Å². The molecule has 1 aromatic rings. The highest BCUT2D eigenvalue weighted by Gasteiger charge is 2.17. The largest absolute Gasteiger partial charge is 0.379 e. The summed E-state index contributed by atoms with van der Waals surface area (Å²) in [5.74, 6) is 0.836. The van der Waals surface area contributed by atoms with Crippen LogP contribution < -0.4 is 0 Å². The Bertz CT molecular complexity index is 296. The second-order valence-corrected chi connectivity index (χ2v) is 4.19. The van der Waals surface area contributed by atoms with Crippen LogP contribution in [0.3, 0.4) is 0 Å². The third-order valence-electron chi connectivity index (χ3n) is 2.29. The highest BCUT2D eigenvalue weighted by molar-refractivity contribution is 6.20. The molecule has 0 bridgehead atoms. The summed E-state index contributed by atoms with van der Waals surface area (Å²) in [7, 11) is 0. The van der Waals surface area contributed by atoms with E-state index in [4.69, 9.17) is 16.3 Å². The van der Waals surface area contributed by atoms with E-state index in [1.807, 2.05) is 6.07 Å². The summed E-state index contributed by atoms with van der Waals surface area (Å²) < 4.78 is 5.36. The van der Waals surface area contributed by atoms with E-state index >= 15 is 0 Å². The third-order valence-corrected chi connectivity index (χ3v) is 2.56. The number of halogens is 1. The van der Waals surface area contributed by atoms with E-state index in [2.05, 4.69) is 14.9 Å². The fourth-order valence-electron chi connectivity index (χ4n) is 1.58. The lowest BCUT2D eigenvalue weighted by Crippen LogP contribution is -2.30. The number of hydrogen-bond donors (Lipinski definition) is 0. The van der Waals surface area contributed by atoms with Gasteiger partial charge in [0.2, 0.25) is 0 Å². The first-order chi connectivity index (χ1) is 7.34. The Balaban J connectivity index is 1.93. The predicted molar refractivity (Wildman–Crippen MR) is 57.8 cm³/mol. The Morgan fingerprint density at radius 3 is 3.07 bits per heavy atom. The van der Waals surface area contributed by atoms with Crippen molar-refractivity contribution in [3.63, 3.8) is 0 Å². The van der Waals surface area contributed by atoms with Gasteiger partial charge in [0, 0.05) is 25.5 Å². The van der Waals surface area contributed by atoms with Crippen LogP contribution in [0.2, 0.25) is 0 Å². The molecular formula is C10H14ClN3O. The van der Waals surface area contributed by atoms with Crippen molar-refractivity contribution in [1.29, 1.82) is 0 Å². The molecule has 0 amide bonds. The van der Waals surface area contributed by atoms with Gasteiger partial charge in [-0.15, -0.1) is 11.6 Å². The molecule has 1 saturated heterocycles. The van der Waals surface area contributed by atoms with Gasteiger partial charge in [-0.1, -0.05) is 0 Å². The minimum atomic E-state index is 0.0659. The maximum atomic E-state index is 6.07. The summed E-state index contributed by atoms with van der Waals surface area (Å²) in [5, 5.41) is 0.0659. The Morgan fingerprint density at radius 1 is 1.47 bits per heavy atom. The highest BCUT2D eigenvalue weighted by Crippen LogP contribution is 2.08. The van der Waals surface area contributed by atoms with Crippen LogP contribution in [0.1, 0.15) is 5.82 Å². The lowest BCUT2D eigenvalue weighted by molar-refractivity contribution is 0.141. The summed E-state index contributed by atoms with van der Waals surface area (Å²) in [6, 6.07) is 1.82. The van der Waals surface area contributed by atoms with Crippen LogP contribution in [0.15, 0.2) is 18.5 Å². The van der Waals surface area contributed by atoms with E-state index in [0.717, 1.165) is 32.1 Å². The molecule has 82 valence electrons. The molecule has 2 heterocycles. The van der Waals surface area contributed by atoms with Gasteiger partial charge >= 0.3 is 0 Å². The summed E-state index contributed by atoms with van der Waals surface area (Å²) in [5.41, 5.74) is 0. The fraction of sp³-hybridized carbons (Fsp3) is 0.600. The van der Waals surface area contributed by atoms with Crippen molar-refractivity contribution in [2.75, 3.05) is 26.3 Å². The normalized spacial score (nSPS) is 23.7. The molecule has 0 N–H and O–H groups in total. The third kappa shape index (κ3) is 3.41. The average molecular weight is 228 g/mol. The molecule has 0 aromatic carbocycles. The van der Waals surface area contributed by atoms with Crippen LogP contribution in [-0.4, -0.2) is 46.5 Å². The SMILES string of the molecule is ClC1COCCN(Cc2ncccn2)C1. The van der Waals surface area contributed by atoms with Crippen molar-refractivity contribution in [3.05, 3.63) is 24.3 Å². The lowest BCUT2D eigenvalue weighted by atomic mass is 10.4. The molecule has 4 nitrogen and oxygen atoms in total. The number of aromatic nitrogens is 2. The van der Waals surface area contributed by atoms with E-state index < -0.39 is 0 Å². The quantitative estimate of drug-likeness (QED) is 0.705. The molecule has 1 aromatic heterocycles. The Labute approximate surface area is 94.2 Å². The number of ether oxygens (including phenoxy) is 1. The number of alkyl halides is 1. The second-order valence-electron chi connectivity index (χ2n) is 3.57. The first kappa shape index (κ1) is 10.8. The molecule has 1 atom stereocenters. The van der Waals surface area contributed by atoms with Crippen LogP contribution in [0.4, 0.5) is 0 Å². The van der Waals surface area contributed by atoms with Crippen LogP contribution in [0.25, 0.3) is 0 Å². The Morgan fingerprint density at radius 2 is 2.27 bits per heavy atom. The van der Waals surface area contributed by atoms with Crippen LogP contribution >= 0.6 is 11.6 Å². The maximum absolute atomic E-state index is 6.07. The van der Waals surface area contributed by atoms with Gasteiger partial charge in [0.05, 0.1) is 25.1 Å². The van der Waals surface area contributed by atoms with Gasteiger partial charge in [0.25, 0.3) is 0 Å². The maximum Gasteiger partial charge on any atom is 0.142 e. The van der Waals surface area contributed by atoms with Gasteiger partial charge in [0.1, 0.15) is 5.82 Å². The minimum Gasteiger partial charge on any atom is -0.379 e. The molecule has 1 aliphatic rings. The van der Waals surface area contributed by atoms with E-state index in [1.165, 1.54) is 0 Å². The zero-order chi connectivity index (χ0) is 10.5. The first-order valence-corrected chi connectivity index (χ1v) is 5.48. The molecule has 2 rings (SSSR count). The van der Waals surface area contributed by atoms with Gasteiger partial charge in [-0.2, -0.15) is 0 Å². The van der Waals surface area contributed by atoms with Crippen LogP contribution in [-0.2, 0) is 11.3 Å². The smallest absolute Gasteiger partial charge is 0.142 e.